The Morgan fingerprint density at radius 1 is 1.15 bits per heavy atom. The lowest BCUT2D eigenvalue weighted by molar-refractivity contribution is -0.120. The van der Waals surface area contributed by atoms with Crippen LogP contribution in [0.4, 0.5) is 0 Å². The molecule has 0 saturated carbocycles. The molecule has 132 valence electrons. The van der Waals surface area contributed by atoms with Crippen molar-refractivity contribution in [2.75, 3.05) is 6.79 Å². The number of benzene rings is 2. The average molecular weight is 366 g/mol. The molecule has 1 aliphatic heterocycles. The van der Waals surface area contributed by atoms with Crippen LogP contribution >= 0.6 is 11.3 Å². The first-order chi connectivity index (χ1) is 12.7. The summed E-state index contributed by atoms with van der Waals surface area (Å²) in [6, 6.07) is 13.9. The summed E-state index contributed by atoms with van der Waals surface area (Å²) in [4.78, 5) is 16.8. The van der Waals surface area contributed by atoms with Crippen LogP contribution in [0.2, 0.25) is 0 Å². The SMILES string of the molecule is Cc1ccc(-c2nc(CC(=O)NCc3ccc4c(c3)OCO4)cs2)cc1. The van der Waals surface area contributed by atoms with Crippen LogP contribution in [0, 0.1) is 6.92 Å². The van der Waals surface area contributed by atoms with Gasteiger partial charge in [0.2, 0.25) is 12.7 Å². The third kappa shape index (κ3) is 3.70. The largest absolute Gasteiger partial charge is 0.454 e. The van der Waals surface area contributed by atoms with E-state index in [1.807, 2.05) is 23.6 Å². The summed E-state index contributed by atoms with van der Waals surface area (Å²) in [5.74, 6) is 1.41. The summed E-state index contributed by atoms with van der Waals surface area (Å²) in [6.45, 7) is 2.75. The van der Waals surface area contributed by atoms with Gasteiger partial charge in [-0.3, -0.25) is 4.79 Å². The van der Waals surface area contributed by atoms with E-state index >= 15 is 0 Å². The Morgan fingerprint density at radius 2 is 1.96 bits per heavy atom. The first-order valence-electron chi connectivity index (χ1n) is 8.34. The molecule has 1 aliphatic rings. The minimum atomic E-state index is -0.0524. The minimum Gasteiger partial charge on any atom is -0.454 e. The molecule has 0 unspecified atom stereocenters. The van der Waals surface area contributed by atoms with Crippen molar-refractivity contribution in [1.82, 2.24) is 10.3 Å². The first-order valence-corrected chi connectivity index (χ1v) is 9.22. The highest BCUT2D eigenvalue weighted by Gasteiger charge is 2.14. The molecule has 0 bridgehead atoms. The zero-order valence-corrected chi connectivity index (χ0v) is 15.1. The van der Waals surface area contributed by atoms with Gasteiger partial charge in [0.1, 0.15) is 5.01 Å². The number of hydrogen-bond donors (Lipinski definition) is 1. The third-order valence-corrected chi connectivity index (χ3v) is 5.06. The maximum absolute atomic E-state index is 12.2. The van der Waals surface area contributed by atoms with Gasteiger partial charge in [-0.15, -0.1) is 11.3 Å². The van der Waals surface area contributed by atoms with E-state index in [9.17, 15) is 4.79 Å². The van der Waals surface area contributed by atoms with Crippen molar-refractivity contribution >= 4 is 17.2 Å². The number of carbonyl (C=O) groups excluding carboxylic acids is 1. The molecule has 0 fully saturated rings. The third-order valence-electron chi connectivity index (χ3n) is 4.12. The lowest BCUT2D eigenvalue weighted by Gasteiger charge is -2.05. The number of nitrogens with one attached hydrogen (secondary N) is 1. The normalized spacial score (nSPS) is 12.2. The lowest BCUT2D eigenvalue weighted by atomic mass is 10.2. The fraction of sp³-hybridized carbons (Fsp3) is 0.200. The van der Waals surface area contributed by atoms with Crippen LogP contribution in [0.15, 0.2) is 47.8 Å². The highest BCUT2D eigenvalue weighted by molar-refractivity contribution is 7.13. The minimum absolute atomic E-state index is 0.0524. The molecule has 0 atom stereocenters. The summed E-state index contributed by atoms with van der Waals surface area (Å²) in [6.07, 6.45) is 0.271. The van der Waals surface area contributed by atoms with Crippen LogP contribution in [0.5, 0.6) is 11.5 Å². The fourth-order valence-electron chi connectivity index (χ4n) is 2.70. The summed E-state index contributed by atoms with van der Waals surface area (Å²) in [5, 5.41) is 5.80. The van der Waals surface area contributed by atoms with Crippen LogP contribution in [0.3, 0.4) is 0 Å². The number of fused-ring (bicyclic) bond motifs is 1. The summed E-state index contributed by atoms with van der Waals surface area (Å²) < 4.78 is 10.6. The van der Waals surface area contributed by atoms with Crippen LogP contribution in [-0.2, 0) is 17.8 Å². The second-order valence-electron chi connectivity index (χ2n) is 6.15. The summed E-state index contributed by atoms with van der Waals surface area (Å²) in [7, 11) is 0. The zero-order valence-electron chi connectivity index (χ0n) is 14.3. The van der Waals surface area contributed by atoms with Gasteiger partial charge in [0, 0.05) is 17.5 Å². The average Bonchev–Trinajstić information content (AvgIpc) is 3.29. The van der Waals surface area contributed by atoms with Gasteiger partial charge < -0.3 is 14.8 Å². The number of aromatic nitrogens is 1. The van der Waals surface area contributed by atoms with E-state index in [1.54, 1.807) is 11.3 Å². The predicted molar refractivity (Wildman–Crippen MR) is 100 cm³/mol. The Kier molecular flexibility index (Phi) is 4.58. The Hall–Kier alpha value is -2.86. The van der Waals surface area contributed by atoms with Crippen LogP contribution in [0.25, 0.3) is 10.6 Å². The van der Waals surface area contributed by atoms with Crippen LogP contribution < -0.4 is 14.8 Å². The lowest BCUT2D eigenvalue weighted by Crippen LogP contribution is -2.24. The van der Waals surface area contributed by atoms with E-state index in [2.05, 4.69) is 41.5 Å². The Balaban J connectivity index is 1.34. The molecule has 0 radical (unpaired) electrons. The molecule has 1 N–H and O–H groups in total. The van der Waals surface area contributed by atoms with Gasteiger partial charge in [-0.25, -0.2) is 4.98 Å². The van der Waals surface area contributed by atoms with Crippen molar-refractivity contribution in [3.8, 4) is 22.1 Å². The first kappa shape index (κ1) is 16.6. The highest BCUT2D eigenvalue weighted by atomic mass is 32.1. The molecule has 2 aromatic carbocycles. The molecule has 0 saturated heterocycles. The van der Waals surface area contributed by atoms with Crippen molar-refractivity contribution in [3.63, 3.8) is 0 Å². The summed E-state index contributed by atoms with van der Waals surface area (Å²) >= 11 is 1.56. The van der Waals surface area contributed by atoms with E-state index in [4.69, 9.17) is 9.47 Å². The number of amides is 1. The Bertz CT molecular complexity index is 934. The van der Waals surface area contributed by atoms with Crippen LogP contribution in [-0.4, -0.2) is 17.7 Å². The van der Waals surface area contributed by atoms with Crippen molar-refractivity contribution in [1.29, 1.82) is 0 Å². The second kappa shape index (κ2) is 7.17. The van der Waals surface area contributed by atoms with E-state index in [0.29, 0.717) is 6.54 Å². The van der Waals surface area contributed by atoms with Gasteiger partial charge in [0.25, 0.3) is 0 Å². The monoisotopic (exact) mass is 366 g/mol. The quantitative estimate of drug-likeness (QED) is 0.748. The molecular weight excluding hydrogens is 348 g/mol. The number of nitrogens with zero attached hydrogens (tertiary/aromatic N) is 1. The van der Waals surface area contributed by atoms with Gasteiger partial charge in [0.05, 0.1) is 12.1 Å². The molecule has 1 amide bonds. The van der Waals surface area contributed by atoms with Gasteiger partial charge >= 0.3 is 0 Å². The van der Waals surface area contributed by atoms with Crippen molar-refractivity contribution in [2.45, 2.75) is 19.9 Å². The molecule has 6 heteroatoms. The molecule has 3 aromatic rings. The fourth-order valence-corrected chi connectivity index (χ4v) is 3.52. The van der Waals surface area contributed by atoms with Gasteiger partial charge in [-0.05, 0) is 24.6 Å². The standard InChI is InChI=1S/C20H18N2O3S/c1-13-2-5-15(6-3-13)20-22-16(11-26-20)9-19(23)21-10-14-4-7-17-18(8-14)25-12-24-17/h2-8,11H,9-10,12H2,1H3,(H,21,23). The topological polar surface area (TPSA) is 60.5 Å². The number of rotatable bonds is 5. The number of aryl methyl sites for hydroxylation is 1. The van der Waals surface area contributed by atoms with Crippen molar-refractivity contribution in [3.05, 3.63) is 64.7 Å². The number of thiazole rings is 1. The number of carbonyl (C=O) groups is 1. The van der Waals surface area contributed by atoms with E-state index in [-0.39, 0.29) is 19.1 Å². The molecule has 26 heavy (non-hydrogen) atoms. The molecule has 0 spiro atoms. The second-order valence-corrected chi connectivity index (χ2v) is 7.01. The molecule has 0 aliphatic carbocycles. The molecule has 1 aromatic heterocycles. The zero-order chi connectivity index (χ0) is 17.9. The smallest absolute Gasteiger partial charge is 0.231 e. The van der Waals surface area contributed by atoms with E-state index in [1.165, 1.54) is 5.56 Å². The van der Waals surface area contributed by atoms with Crippen molar-refractivity contribution in [2.24, 2.45) is 0 Å². The van der Waals surface area contributed by atoms with Gasteiger partial charge in [-0.2, -0.15) is 0 Å². The maximum atomic E-state index is 12.2. The molecule has 5 nitrogen and oxygen atoms in total. The van der Waals surface area contributed by atoms with E-state index < -0.39 is 0 Å². The van der Waals surface area contributed by atoms with Crippen LogP contribution in [0.1, 0.15) is 16.8 Å². The Morgan fingerprint density at radius 3 is 2.81 bits per heavy atom. The number of ether oxygens (including phenoxy) is 2. The van der Waals surface area contributed by atoms with E-state index in [0.717, 1.165) is 33.3 Å². The molecular formula is C20H18N2O3S. The summed E-state index contributed by atoms with van der Waals surface area (Å²) in [5.41, 5.74) is 4.05. The Labute approximate surface area is 155 Å². The van der Waals surface area contributed by atoms with Gasteiger partial charge in [0.15, 0.2) is 11.5 Å². The van der Waals surface area contributed by atoms with Crippen molar-refractivity contribution < 1.29 is 14.3 Å². The highest BCUT2D eigenvalue weighted by Crippen LogP contribution is 2.32. The molecule has 4 rings (SSSR count). The molecule has 2 heterocycles. The predicted octanol–water partition coefficient (Wildman–Crippen LogP) is 3.71. The number of hydrogen-bond acceptors (Lipinski definition) is 5. The van der Waals surface area contributed by atoms with Gasteiger partial charge in [-0.1, -0.05) is 35.9 Å². The maximum Gasteiger partial charge on any atom is 0.231 e.